The quantitative estimate of drug-likeness (QED) is 0.509. The summed E-state index contributed by atoms with van der Waals surface area (Å²) in [5.74, 6) is -1.38. The molecule has 0 aromatic heterocycles. The molecule has 0 aliphatic heterocycles. The largest absolute Gasteiger partial charge is 0.480 e. The van der Waals surface area contributed by atoms with Gasteiger partial charge in [0.2, 0.25) is 0 Å². The molecule has 0 amide bonds. The number of esters is 1. The Morgan fingerprint density at radius 2 is 1.72 bits per heavy atom. The van der Waals surface area contributed by atoms with Gasteiger partial charge in [0.25, 0.3) is 0 Å². The van der Waals surface area contributed by atoms with Crippen molar-refractivity contribution in [3.63, 3.8) is 0 Å². The van der Waals surface area contributed by atoms with Gasteiger partial charge in [0.05, 0.1) is 6.61 Å². The summed E-state index contributed by atoms with van der Waals surface area (Å²) in [5.41, 5.74) is -1.36. The molecule has 0 rings (SSSR count). The van der Waals surface area contributed by atoms with E-state index in [1.165, 1.54) is 0 Å². The van der Waals surface area contributed by atoms with Crippen LogP contribution >= 0.6 is 0 Å². The van der Waals surface area contributed by atoms with Crippen molar-refractivity contribution in [1.82, 2.24) is 0 Å². The van der Waals surface area contributed by atoms with Crippen molar-refractivity contribution in [2.45, 2.75) is 59.8 Å². The lowest BCUT2D eigenvalue weighted by molar-refractivity contribution is -0.171. The van der Waals surface area contributed by atoms with Crippen molar-refractivity contribution in [1.29, 1.82) is 0 Å². The van der Waals surface area contributed by atoms with Gasteiger partial charge in [-0.15, -0.1) is 0 Å². The average molecular weight is 258 g/mol. The van der Waals surface area contributed by atoms with E-state index in [1.807, 2.05) is 20.8 Å². The van der Waals surface area contributed by atoms with Gasteiger partial charge in [-0.1, -0.05) is 40.0 Å². The molecule has 0 aromatic carbocycles. The molecule has 0 radical (unpaired) electrons. The van der Waals surface area contributed by atoms with Gasteiger partial charge in [-0.2, -0.15) is 0 Å². The van der Waals surface area contributed by atoms with Crippen LogP contribution in [0.1, 0.15) is 59.8 Å². The fourth-order valence-corrected chi connectivity index (χ4v) is 2.34. The molecule has 0 aliphatic carbocycles. The Balaban J connectivity index is 5.20. The van der Waals surface area contributed by atoms with E-state index in [2.05, 4.69) is 0 Å². The number of ether oxygens (including phenoxy) is 1. The van der Waals surface area contributed by atoms with Gasteiger partial charge < -0.3 is 9.84 Å². The predicted octanol–water partition coefficient (Wildman–Crippen LogP) is 3.25. The van der Waals surface area contributed by atoms with Gasteiger partial charge in [0, 0.05) is 0 Å². The fraction of sp³-hybridized carbons (Fsp3) is 0.857. The number of hydrogen-bond donors (Lipinski definition) is 1. The molecule has 1 unspecified atom stereocenters. The molecule has 4 heteroatoms. The molecule has 0 saturated heterocycles. The first-order valence-electron chi connectivity index (χ1n) is 6.88. The smallest absolute Gasteiger partial charge is 0.323 e. The Kier molecular flexibility index (Phi) is 7.64. The zero-order valence-corrected chi connectivity index (χ0v) is 12.0. The summed E-state index contributed by atoms with van der Waals surface area (Å²) in [7, 11) is 0. The summed E-state index contributed by atoms with van der Waals surface area (Å²) >= 11 is 0. The highest BCUT2D eigenvalue weighted by Gasteiger charge is 2.47. The fourth-order valence-electron chi connectivity index (χ4n) is 2.34. The molecule has 0 spiro atoms. The van der Waals surface area contributed by atoms with Crippen molar-refractivity contribution in [3.8, 4) is 0 Å². The predicted molar refractivity (Wildman–Crippen MR) is 70.3 cm³/mol. The molecule has 1 N–H and O–H groups in total. The molecular weight excluding hydrogens is 232 g/mol. The Morgan fingerprint density at radius 3 is 2.06 bits per heavy atom. The van der Waals surface area contributed by atoms with Gasteiger partial charge in [-0.05, 0) is 25.7 Å². The number of carbonyl (C=O) groups is 2. The molecular formula is C14H26O4. The van der Waals surface area contributed by atoms with Gasteiger partial charge in [0.15, 0.2) is 5.41 Å². The number of carboxylic acid groups (broad SMARTS) is 1. The van der Waals surface area contributed by atoms with Gasteiger partial charge in [0.1, 0.15) is 0 Å². The first-order chi connectivity index (χ1) is 8.48. The summed E-state index contributed by atoms with van der Waals surface area (Å²) in [6.45, 7) is 7.87. The zero-order chi connectivity index (χ0) is 14.2. The highest BCUT2D eigenvalue weighted by atomic mass is 16.5. The van der Waals surface area contributed by atoms with Crippen LogP contribution in [-0.4, -0.2) is 23.7 Å². The average Bonchev–Trinajstić information content (AvgIpc) is 2.34. The second-order valence-electron chi connectivity index (χ2n) is 4.74. The first-order valence-corrected chi connectivity index (χ1v) is 6.88. The van der Waals surface area contributed by atoms with Crippen molar-refractivity contribution in [2.24, 2.45) is 11.3 Å². The Morgan fingerprint density at radius 1 is 1.17 bits per heavy atom. The summed E-state index contributed by atoms with van der Waals surface area (Å²) in [6, 6.07) is 0. The third-order valence-corrected chi connectivity index (χ3v) is 3.54. The molecule has 0 saturated carbocycles. The van der Waals surface area contributed by atoms with Crippen LogP contribution in [0.4, 0.5) is 0 Å². The zero-order valence-electron chi connectivity index (χ0n) is 12.0. The lowest BCUT2D eigenvalue weighted by Gasteiger charge is -2.30. The van der Waals surface area contributed by atoms with Crippen LogP contribution in [-0.2, 0) is 14.3 Å². The van der Waals surface area contributed by atoms with E-state index in [4.69, 9.17) is 4.74 Å². The minimum atomic E-state index is -1.36. The van der Waals surface area contributed by atoms with E-state index < -0.39 is 17.4 Å². The summed E-state index contributed by atoms with van der Waals surface area (Å²) < 4.78 is 4.99. The van der Waals surface area contributed by atoms with E-state index in [0.717, 1.165) is 12.8 Å². The lowest BCUT2D eigenvalue weighted by atomic mass is 9.74. The number of rotatable bonds is 9. The van der Waals surface area contributed by atoms with Crippen LogP contribution < -0.4 is 0 Å². The van der Waals surface area contributed by atoms with Crippen LogP contribution in [0.5, 0.6) is 0 Å². The van der Waals surface area contributed by atoms with E-state index in [1.54, 1.807) is 6.92 Å². The van der Waals surface area contributed by atoms with Crippen molar-refractivity contribution in [2.75, 3.05) is 6.61 Å². The highest BCUT2D eigenvalue weighted by molar-refractivity contribution is 5.99. The van der Waals surface area contributed by atoms with E-state index in [0.29, 0.717) is 19.3 Å². The Hall–Kier alpha value is -1.06. The molecule has 0 heterocycles. The highest BCUT2D eigenvalue weighted by Crippen LogP contribution is 2.36. The maximum atomic E-state index is 12.1. The van der Waals surface area contributed by atoms with Gasteiger partial charge in [-0.25, -0.2) is 0 Å². The summed E-state index contributed by atoms with van der Waals surface area (Å²) in [5, 5.41) is 9.49. The molecule has 0 bridgehead atoms. The molecule has 0 fully saturated rings. The molecule has 4 nitrogen and oxygen atoms in total. The summed E-state index contributed by atoms with van der Waals surface area (Å²) in [4.78, 5) is 23.7. The second-order valence-corrected chi connectivity index (χ2v) is 4.74. The SMILES string of the molecule is CCCC(CC(CC)CC)(C(=O)O)C(=O)OCC. The third kappa shape index (κ3) is 4.00. The molecule has 0 aromatic rings. The van der Waals surface area contributed by atoms with E-state index in [9.17, 15) is 14.7 Å². The van der Waals surface area contributed by atoms with Gasteiger partial charge in [-0.3, -0.25) is 9.59 Å². The molecule has 0 aliphatic rings. The Labute approximate surface area is 110 Å². The number of aliphatic carboxylic acids is 1. The van der Waals surface area contributed by atoms with Crippen molar-refractivity contribution >= 4 is 11.9 Å². The number of carbonyl (C=O) groups excluding carboxylic acids is 1. The third-order valence-electron chi connectivity index (χ3n) is 3.54. The molecule has 106 valence electrons. The van der Waals surface area contributed by atoms with E-state index in [-0.39, 0.29) is 12.5 Å². The monoisotopic (exact) mass is 258 g/mol. The van der Waals surface area contributed by atoms with Crippen LogP contribution in [0.2, 0.25) is 0 Å². The van der Waals surface area contributed by atoms with Gasteiger partial charge >= 0.3 is 11.9 Å². The molecule has 1 atom stereocenters. The van der Waals surface area contributed by atoms with E-state index >= 15 is 0 Å². The van der Waals surface area contributed by atoms with Crippen molar-refractivity contribution in [3.05, 3.63) is 0 Å². The maximum absolute atomic E-state index is 12.1. The standard InChI is InChI=1S/C14H26O4/c1-5-9-14(12(15)16,13(17)18-8-4)10-11(6-2)7-3/h11H,5-10H2,1-4H3,(H,15,16). The number of carboxylic acids is 1. The second kappa shape index (κ2) is 8.11. The maximum Gasteiger partial charge on any atom is 0.323 e. The lowest BCUT2D eigenvalue weighted by Crippen LogP contribution is -2.42. The van der Waals surface area contributed by atoms with Crippen LogP contribution in [0.15, 0.2) is 0 Å². The minimum absolute atomic E-state index is 0.223. The number of hydrogen-bond acceptors (Lipinski definition) is 3. The topological polar surface area (TPSA) is 63.6 Å². The normalized spacial score (nSPS) is 14.3. The van der Waals surface area contributed by atoms with Crippen LogP contribution in [0.3, 0.4) is 0 Å². The van der Waals surface area contributed by atoms with Crippen LogP contribution in [0.25, 0.3) is 0 Å². The molecule has 18 heavy (non-hydrogen) atoms. The first kappa shape index (κ1) is 16.9. The Bertz CT molecular complexity index is 271. The van der Waals surface area contributed by atoms with Crippen molar-refractivity contribution < 1.29 is 19.4 Å². The van der Waals surface area contributed by atoms with Crippen LogP contribution in [0, 0.1) is 11.3 Å². The minimum Gasteiger partial charge on any atom is -0.480 e. The summed E-state index contributed by atoms with van der Waals surface area (Å²) in [6.07, 6.45) is 3.15.